The summed E-state index contributed by atoms with van der Waals surface area (Å²) in [5, 5.41) is 0. The molecular weight excluding hydrogens is 412 g/mol. The first-order chi connectivity index (χ1) is 14.1. The van der Waals surface area contributed by atoms with Gasteiger partial charge in [-0.1, -0.05) is 26.8 Å². The van der Waals surface area contributed by atoms with Gasteiger partial charge in [0.25, 0.3) is 0 Å². The maximum absolute atomic E-state index is 6.97. The fourth-order valence-electron chi connectivity index (χ4n) is 8.19. The first kappa shape index (κ1) is 23.8. The summed E-state index contributed by atoms with van der Waals surface area (Å²) in [7, 11) is -3.13. The standard InChI is InChI=1S/C27H48O2Si2/c1-19-17-20-18-21(28-30(5,6)7)11-14-25(20,2)22-12-15-26(3)23(24(19)22)13-16-27(26,4)29-31(8,9)10/h17-19,22-24H,11-16H2,1-10H3/t19?,22?,23?,24?,25?,26?,27-/m1/s1. The fourth-order valence-corrected chi connectivity index (χ4v) is 10.8. The van der Waals surface area contributed by atoms with Crippen LogP contribution < -0.4 is 0 Å². The lowest BCUT2D eigenvalue weighted by atomic mass is 9.46. The van der Waals surface area contributed by atoms with Crippen LogP contribution in [0.4, 0.5) is 0 Å². The number of fused-ring (bicyclic) bond motifs is 5. The summed E-state index contributed by atoms with van der Waals surface area (Å²) in [6.45, 7) is 24.2. The molecule has 0 N–H and O–H groups in total. The number of hydrogen-bond donors (Lipinski definition) is 0. The van der Waals surface area contributed by atoms with Crippen LogP contribution in [0.5, 0.6) is 0 Å². The third-order valence-electron chi connectivity index (χ3n) is 9.57. The van der Waals surface area contributed by atoms with Crippen molar-refractivity contribution in [2.24, 2.45) is 34.5 Å². The van der Waals surface area contributed by atoms with Crippen molar-refractivity contribution in [3.63, 3.8) is 0 Å². The summed E-state index contributed by atoms with van der Waals surface area (Å²) in [5.41, 5.74) is 2.29. The summed E-state index contributed by atoms with van der Waals surface area (Å²) in [4.78, 5) is 0. The molecule has 31 heavy (non-hydrogen) atoms. The average Bonchev–Trinajstić information content (AvgIpc) is 2.84. The molecule has 4 aliphatic carbocycles. The zero-order valence-corrected chi connectivity index (χ0v) is 24.0. The molecule has 0 spiro atoms. The van der Waals surface area contributed by atoms with Crippen molar-refractivity contribution in [3.8, 4) is 0 Å². The third kappa shape index (κ3) is 3.97. The number of hydrogen-bond acceptors (Lipinski definition) is 2. The van der Waals surface area contributed by atoms with E-state index in [1.807, 2.05) is 0 Å². The molecule has 4 heteroatoms. The zero-order valence-electron chi connectivity index (χ0n) is 22.0. The van der Waals surface area contributed by atoms with Gasteiger partial charge < -0.3 is 8.85 Å². The van der Waals surface area contributed by atoms with E-state index in [1.54, 1.807) is 5.57 Å². The van der Waals surface area contributed by atoms with Gasteiger partial charge in [-0.05, 0) is 124 Å². The van der Waals surface area contributed by atoms with Gasteiger partial charge in [0.15, 0.2) is 8.32 Å². The molecule has 0 aromatic heterocycles. The second kappa shape index (κ2) is 7.33. The molecule has 176 valence electrons. The monoisotopic (exact) mass is 460 g/mol. The lowest BCUT2D eigenvalue weighted by molar-refractivity contribution is -0.111. The first-order valence-electron chi connectivity index (χ1n) is 12.9. The molecule has 2 fully saturated rings. The van der Waals surface area contributed by atoms with Crippen LogP contribution in [0.15, 0.2) is 23.5 Å². The Kier molecular flexibility index (Phi) is 5.64. The van der Waals surface area contributed by atoms with Gasteiger partial charge in [-0.3, -0.25) is 0 Å². The van der Waals surface area contributed by atoms with Crippen LogP contribution in [-0.4, -0.2) is 22.2 Å². The normalized spacial score (nSPS) is 45.2. The van der Waals surface area contributed by atoms with Crippen molar-refractivity contribution in [2.75, 3.05) is 0 Å². The van der Waals surface area contributed by atoms with E-state index >= 15 is 0 Å². The summed E-state index contributed by atoms with van der Waals surface area (Å²) in [6.07, 6.45) is 12.8. The van der Waals surface area contributed by atoms with Crippen LogP contribution in [0.2, 0.25) is 39.3 Å². The lowest BCUT2D eigenvalue weighted by Crippen LogP contribution is -2.57. The van der Waals surface area contributed by atoms with Crippen LogP contribution in [0.1, 0.15) is 66.2 Å². The van der Waals surface area contributed by atoms with Gasteiger partial charge in [0.2, 0.25) is 8.32 Å². The molecule has 2 saturated carbocycles. The van der Waals surface area contributed by atoms with E-state index in [-0.39, 0.29) is 5.60 Å². The minimum absolute atomic E-state index is 0.0581. The predicted molar refractivity (Wildman–Crippen MR) is 137 cm³/mol. The number of allylic oxidation sites excluding steroid dienone is 4. The Balaban J connectivity index is 1.66. The molecule has 4 aliphatic rings. The molecule has 2 nitrogen and oxygen atoms in total. The van der Waals surface area contributed by atoms with Crippen LogP contribution in [0.25, 0.3) is 0 Å². The third-order valence-corrected chi connectivity index (χ3v) is 11.5. The van der Waals surface area contributed by atoms with E-state index in [0.717, 1.165) is 24.2 Å². The molecule has 0 radical (unpaired) electrons. The highest BCUT2D eigenvalue weighted by molar-refractivity contribution is 6.70. The highest BCUT2D eigenvalue weighted by atomic mass is 28.4. The Labute approximate surface area is 194 Å². The van der Waals surface area contributed by atoms with Crippen molar-refractivity contribution in [1.29, 1.82) is 0 Å². The summed E-state index contributed by atoms with van der Waals surface area (Å²) >= 11 is 0. The first-order valence-corrected chi connectivity index (χ1v) is 19.7. The minimum Gasteiger partial charge on any atom is -0.547 e. The van der Waals surface area contributed by atoms with Crippen molar-refractivity contribution in [1.82, 2.24) is 0 Å². The second-order valence-corrected chi connectivity index (χ2v) is 22.8. The van der Waals surface area contributed by atoms with Crippen molar-refractivity contribution >= 4 is 16.6 Å². The van der Waals surface area contributed by atoms with Gasteiger partial charge in [0.1, 0.15) is 0 Å². The largest absolute Gasteiger partial charge is 0.547 e. The Bertz CT molecular complexity index is 788. The van der Waals surface area contributed by atoms with E-state index in [0.29, 0.717) is 16.7 Å². The quantitative estimate of drug-likeness (QED) is 0.394. The van der Waals surface area contributed by atoms with Crippen LogP contribution >= 0.6 is 0 Å². The Hall–Kier alpha value is -0.326. The van der Waals surface area contributed by atoms with Crippen molar-refractivity contribution in [3.05, 3.63) is 23.5 Å². The van der Waals surface area contributed by atoms with E-state index in [1.165, 1.54) is 37.9 Å². The summed E-state index contributed by atoms with van der Waals surface area (Å²) in [6, 6.07) is 0. The Morgan fingerprint density at radius 2 is 1.52 bits per heavy atom. The highest BCUT2D eigenvalue weighted by Crippen LogP contribution is 2.68. The zero-order chi connectivity index (χ0) is 23.0. The minimum atomic E-state index is -1.58. The summed E-state index contributed by atoms with van der Waals surface area (Å²) < 4.78 is 13.4. The fraction of sp³-hybridized carbons (Fsp3) is 0.852. The molecule has 0 aromatic rings. The maximum atomic E-state index is 6.97. The maximum Gasteiger partial charge on any atom is 0.241 e. The molecular formula is C27H48O2Si2. The van der Waals surface area contributed by atoms with Gasteiger partial charge in [0.05, 0.1) is 11.4 Å². The lowest BCUT2D eigenvalue weighted by Gasteiger charge is -2.60. The van der Waals surface area contributed by atoms with Crippen LogP contribution in [0.3, 0.4) is 0 Å². The summed E-state index contributed by atoms with van der Waals surface area (Å²) in [5.74, 6) is 4.30. The molecule has 0 aromatic carbocycles. The number of rotatable bonds is 4. The second-order valence-electron chi connectivity index (χ2n) is 14.0. The van der Waals surface area contributed by atoms with E-state index in [2.05, 4.69) is 79.1 Å². The van der Waals surface area contributed by atoms with E-state index < -0.39 is 16.6 Å². The Morgan fingerprint density at radius 3 is 2.13 bits per heavy atom. The Morgan fingerprint density at radius 1 is 0.871 bits per heavy atom. The molecule has 0 heterocycles. The van der Waals surface area contributed by atoms with Gasteiger partial charge in [-0.15, -0.1) is 0 Å². The topological polar surface area (TPSA) is 18.5 Å². The van der Waals surface area contributed by atoms with Crippen LogP contribution in [0, 0.1) is 34.5 Å². The highest BCUT2D eigenvalue weighted by Gasteiger charge is 2.64. The molecule has 0 aliphatic heterocycles. The van der Waals surface area contributed by atoms with Gasteiger partial charge >= 0.3 is 0 Å². The molecule has 0 bridgehead atoms. The SMILES string of the molecule is CC1C=C2C=C(O[Si](C)(C)C)CCC2(C)C2CCC3(C)C(CC[C@@]3(C)O[Si](C)(C)C)C12. The van der Waals surface area contributed by atoms with Crippen LogP contribution in [-0.2, 0) is 8.85 Å². The smallest absolute Gasteiger partial charge is 0.241 e. The molecule has 0 saturated heterocycles. The molecule has 6 unspecified atom stereocenters. The van der Waals surface area contributed by atoms with E-state index in [4.69, 9.17) is 8.85 Å². The van der Waals surface area contributed by atoms with Gasteiger partial charge in [-0.2, -0.15) is 0 Å². The van der Waals surface area contributed by atoms with E-state index in [9.17, 15) is 0 Å². The molecule has 4 rings (SSSR count). The molecule has 0 amide bonds. The predicted octanol–water partition coefficient (Wildman–Crippen LogP) is 8.15. The van der Waals surface area contributed by atoms with Crippen molar-refractivity contribution < 1.29 is 8.85 Å². The van der Waals surface area contributed by atoms with Gasteiger partial charge in [0, 0.05) is 6.42 Å². The van der Waals surface area contributed by atoms with Gasteiger partial charge in [-0.25, -0.2) is 0 Å². The van der Waals surface area contributed by atoms with Crippen molar-refractivity contribution in [2.45, 2.75) is 111 Å². The average molecular weight is 461 g/mol. The molecule has 7 atom stereocenters.